The average Bonchev–Trinajstić information content (AvgIpc) is 2.37. The summed E-state index contributed by atoms with van der Waals surface area (Å²) in [4.78, 5) is 2.55. The van der Waals surface area contributed by atoms with E-state index in [0.29, 0.717) is 12.1 Å². The number of aliphatic hydroxyl groups excluding tert-OH is 1. The second-order valence-corrected chi connectivity index (χ2v) is 6.36. The molecule has 0 aromatic heterocycles. The fourth-order valence-electron chi connectivity index (χ4n) is 2.67. The van der Waals surface area contributed by atoms with Crippen molar-refractivity contribution in [2.24, 2.45) is 0 Å². The highest BCUT2D eigenvalue weighted by molar-refractivity contribution is 4.83. The van der Waals surface area contributed by atoms with Crippen molar-refractivity contribution in [3.8, 4) is 0 Å². The molecular formula is C16H36N2O. The fourth-order valence-corrected chi connectivity index (χ4v) is 2.67. The summed E-state index contributed by atoms with van der Waals surface area (Å²) >= 11 is 0. The van der Waals surface area contributed by atoms with E-state index in [2.05, 4.69) is 51.8 Å². The third kappa shape index (κ3) is 7.91. The largest absolute Gasteiger partial charge is 0.394 e. The van der Waals surface area contributed by atoms with Crippen molar-refractivity contribution in [3.63, 3.8) is 0 Å². The van der Waals surface area contributed by atoms with Crippen LogP contribution in [0.15, 0.2) is 0 Å². The highest BCUT2D eigenvalue weighted by Crippen LogP contribution is 2.15. The topological polar surface area (TPSA) is 35.5 Å². The van der Waals surface area contributed by atoms with Gasteiger partial charge < -0.3 is 15.3 Å². The molecule has 2 N–H and O–H groups in total. The maximum Gasteiger partial charge on any atom is 0.0610 e. The van der Waals surface area contributed by atoms with Gasteiger partial charge in [-0.15, -0.1) is 0 Å². The molecule has 116 valence electrons. The van der Waals surface area contributed by atoms with Crippen LogP contribution in [0.3, 0.4) is 0 Å². The van der Waals surface area contributed by atoms with Crippen LogP contribution in [0.25, 0.3) is 0 Å². The van der Waals surface area contributed by atoms with Crippen LogP contribution < -0.4 is 5.32 Å². The molecule has 0 rings (SSSR count). The van der Waals surface area contributed by atoms with Gasteiger partial charge in [0.05, 0.1) is 6.61 Å². The number of nitrogens with one attached hydrogen (secondary N) is 1. The number of hydrogen-bond donors (Lipinski definition) is 2. The zero-order chi connectivity index (χ0) is 14.9. The zero-order valence-electron chi connectivity index (χ0n) is 14.0. The molecule has 3 heteroatoms. The van der Waals surface area contributed by atoms with Gasteiger partial charge in [-0.05, 0) is 46.2 Å². The van der Waals surface area contributed by atoms with E-state index >= 15 is 0 Å². The van der Waals surface area contributed by atoms with Gasteiger partial charge in [0.2, 0.25) is 0 Å². The number of rotatable bonds is 11. The van der Waals surface area contributed by atoms with Crippen molar-refractivity contribution >= 4 is 0 Å². The fraction of sp³-hybridized carbons (Fsp3) is 1.00. The van der Waals surface area contributed by atoms with Gasteiger partial charge >= 0.3 is 0 Å². The SMILES string of the molecule is CCC(C)N(CC)CCCCC(C)(CO)NC(C)C. The van der Waals surface area contributed by atoms with E-state index in [1.54, 1.807) is 0 Å². The predicted octanol–water partition coefficient (Wildman–Crippen LogP) is 3.03. The van der Waals surface area contributed by atoms with Crippen LogP contribution in [0.5, 0.6) is 0 Å². The molecule has 0 bridgehead atoms. The first kappa shape index (κ1) is 18.9. The molecule has 0 aromatic carbocycles. The van der Waals surface area contributed by atoms with Gasteiger partial charge in [-0.1, -0.05) is 34.1 Å². The Kier molecular flexibility index (Phi) is 9.67. The third-order valence-electron chi connectivity index (χ3n) is 4.03. The third-order valence-corrected chi connectivity index (χ3v) is 4.03. The molecular weight excluding hydrogens is 236 g/mol. The highest BCUT2D eigenvalue weighted by Gasteiger charge is 2.23. The van der Waals surface area contributed by atoms with E-state index < -0.39 is 0 Å². The van der Waals surface area contributed by atoms with Gasteiger partial charge in [-0.25, -0.2) is 0 Å². The lowest BCUT2D eigenvalue weighted by atomic mass is 9.94. The second-order valence-electron chi connectivity index (χ2n) is 6.36. The van der Waals surface area contributed by atoms with Crippen molar-refractivity contribution < 1.29 is 5.11 Å². The van der Waals surface area contributed by atoms with Crippen LogP contribution in [-0.2, 0) is 0 Å². The van der Waals surface area contributed by atoms with E-state index in [9.17, 15) is 5.11 Å². The van der Waals surface area contributed by atoms with Crippen molar-refractivity contribution in [3.05, 3.63) is 0 Å². The molecule has 19 heavy (non-hydrogen) atoms. The van der Waals surface area contributed by atoms with Crippen LogP contribution in [0.2, 0.25) is 0 Å². The van der Waals surface area contributed by atoms with E-state index in [1.807, 2.05) is 0 Å². The minimum Gasteiger partial charge on any atom is -0.394 e. The summed E-state index contributed by atoms with van der Waals surface area (Å²) in [6, 6.07) is 1.10. The molecule has 2 atom stereocenters. The summed E-state index contributed by atoms with van der Waals surface area (Å²) in [6.45, 7) is 15.7. The minimum absolute atomic E-state index is 0.123. The molecule has 0 saturated carbocycles. The lowest BCUT2D eigenvalue weighted by Gasteiger charge is -2.32. The van der Waals surface area contributed by atoms with Crippen molar-refractivity contribution in [2.45, 2.75) is 84.8 Å². The maximum atomic E-state index is 9.54. The molecule has 0 heterocycles. The molecule has 0 aromatic rings. The van der Waals surface area contributed by atoms with Gasteiger partial charge in [-0.2, -0.15) is 0 Å². The molecule has 0 radical (unpaired) electrons. The van der Waals surface area contributed by atoms with Crippen LogP contribution in [-0.4, -0.2) is 47.3 Å². The van der Waals surface area contributed by atoms with E-state index in [1.165, 1.54) is 25.8 Å². The Hall–Kier alpha value is -0.120. The van der Waals surface area contributed by atoms with Crippen molar-refractivity contribution in [1.29, 1.82) is 0 Å². The van der Waals surface area contributed by atoms with E-state index in [0.717, 1.165) is 13.0 Å². The smallest absolute Gasteiger partial charge is 0.0610 e. The van der Waals surface area contributed by atoms with Crippen molar-refractivity contribution in [1.82, 2.24) is 10.2 Å². The number of nitrogens with zero attached hydrogens (tertiary/aromatic N) is 1. The average molecular weight is 272 g/mol. The Labute approximate surface area is 120 Å². The summed E-state index contributed by atoms with van der Waals surface area (Å²) in [5.41, 5.74) is -0.123. The molecule has 2 unspecified atom stereocenters. The minimum atomic E-state index is -0.123. The molecule has 0 aliphatic heterocycles. The first-order valence-corrected chi connectivity index (χ1v) is 8.01. The Morgan fingerprint density at radius 2 is 1.79 bits per heavy atom. The second kappa shape index (κ2) is 9.73. The molecule has 0 amide bonds. The van der Waals surface area contributed by atoms with Crippen molar-refractivity contribution in [2.75, 3.05) is 19.7 Å². The number of hydrogen-bond acceptors (Lipinski definition) is 3. The van der Waals surface area contributed by atoms with Crippen LogP contribution in [0, 0.1) is 0 Å². The standard InChI is InChI=1S/C16H36N2O/c1-7-15(5)18(8-2)12-10-9-11-16(6,13-19)17-14(3)4/h14-15,17,19H,7-13H2,1-6H3. The number of unbranched alkanes of at least 4 members (excludes halogenated alkanes) is 1. The first-order valence-electron chi connectivity index (χ1n) is 8.01. The van der Waals surface area contributed by atoms with E-state index in [-0.39, 0.29) is 12.1 Å². The monoisotopic (exact) mass is 272 g/mol. The molecule has 0 aliphatic carbocycles. The Morgan fingerprint density at radius 1 is 1.16 bits per heavy atom. The summed E-state index contributed by atoms with van der Waals surface area (Å²) in [7, 11) is 0. The molecule has 0 saturated heterocycles. The van der Waals surface area contributed by atoms with Crippen LogP contribution >= 0.6 is 0 Å². The maximum absolute atomic E-state index is 9.54. The summed E-state index contributed by atoms with van der Waals surface area (Å²) in [5, 5.41) is 13.0. The van der Waals surface area contributed by atoms with Gasteiger partial charge in [0.25, 0.3) is 0 Å². The highest BCUT2D eigenvalue weighted by atomic mass is 16.3. The Balaban J connectivity index is 4.00. The first-order chi connectivity index (χ1) is 8.88. The predicted molar refractivity (Wildman–Crippen MR) is 84.6 cm³/mol. The van der Waals surface area contributed by atoms with Gasteiger partial charge in [0.15, 0.2) is 0 Å². The lowest BCUT2D eigenvalue weighted by Crippen LogP contribution is -2.49. The lowest BCUT2D eigenvalue weighted by molar-refractivity contribution is 0.149. The van der Waals surface area contributed by atoms with Gasteiger partial charge in [-0.3, -0.25) is 0 Å². The quantitative estimate of drug-likeness (QED) is 0.568. The summed E-state index contributed by atoms with van der Waals surface area (Å²) < 4.78 is 0. The molecule has 3 nitrogen and oxygen atoms in total. The molecule has 0 fully saturated rings. The summed E-state index contributed by atoms with van der Waals surface area (Å²) in [6.07, 6.45) is 4.65. The Bertz CT molecular complexity index is 221. The Morgan fingerprint density at radius 3 is 2.21 bits per heavy atom. The van der Waals surface area contributed by atoms with Gasteiger partial charge in [0.1, 0.15) is 0 Å². The van der Waals surface area contributed by atoms with Crippen LogP contribution in [0.1, 0.15) is 67.2 Å². The number of aliphatic hydroxyl groups is 1. The molecule has 0 aliphatic rings. The van der Waals surface area contributed by atoms with E-state index in [4.69, 9.17) is 0 Å². The van der Waals surface area contributed by atoms with Gasteiger partial charge in [0, 0.05) is 17.6 Å². The normalized spacial score (nSPS) is 16.9. The molecule has 0 spiro atoms. The summed E-state index contributed by atoms with van der Waals surface area (Å²) in [5.74, 6) is 0. The zero-order valence-corrected chi connectivity index (χ0v) is 14.0. The van der Waals surface area contributed by atoms with Crippen LogP contribution in [0.4, 0.5) is 0 Å².